The molecule has 1 aliphatic heterocycles. The van der Waals surface area contributed by atoms with E-state index in [1.807, 2.05) is 29.2 Å². The molecule has 1 saturated heterocycles. The minimum Gasteiger partial charge on any atom is -0.376 e. The Balaban J connectivity index is 1.66. The van der Waals surface area contributed by atoms with E-state index in [0.29, 0.717) is 19.6 Å². The summed E-state index contributed by atoms with van der Waals surface area (Å²) in [5, 5.41) is 3.23. The van der Waals surface area contributed by atoms with Crippen molar-refractivity contribution in [2.45, 2.75) is 13.0 Å². The molecule has 0 unspecified atom stereocenters. The highest BCUT2D eigenvalue weighted by atomic mass is 79.9. The molecule has 0 spiro atoms. The maximum Gasteiger partial charge on any atom is 0.224 e. The van der Waals surface area contributed by atoms with Crippen LogP contribution in [-0.2, 0) is 16.1 Å². The lowest BCUT2D eigenvalue weighted by atomic mass is 10.2. The first-order chi connectivity index (χ1) is 9.27. The molecule has 5 heteroatoms. The van der Waals surface area contributed by atoms with Gasteiger partial charge < -0.3 is 15.0 Å². The Morgan fingerprint density at radius 3 is 2.79 bits per heavy atom. The minimum atomic E-state index is 0.189. The first-order valence-corrected chi connectivity index (χ1v) is 7.36. The van der Waals surface area contributed by atoms with E-state index in [-0.39, 0.29) is 5.91 Å². The van der Waals surface area contributed by atoms with E-state index in [4.69, 9.17) is 4.74 Å². The van der Waals surface area contributed by atoms with Crippen molar-refractivity contribution in [2.24, 2.45) is 0 Å². The quantitative estimate of drug-likeness (QED) is 0.839. The van der Waals surface area contributed by atoms with E-state index in [0.717, 1.165) is 36.2 Å². The molecule has 1 fully saturated rings. The van der Waals surface area contributed by atoms with Gasteiger partial charge in [-0.3, -0.25) is 4.79 Å². The molecule has 0 radical (unpaired) electrons. The van der Waals surface area contributed by atoms with Gasteiger partial charge in [0.05, 0.1) is 19.6 Å². The van der Waals surface area contributed by atoms with E-state index >= 15 is 0 Å². The van der Waals surface area contributed by atoms with Crippen LogP contribution in [0.25, 0.3) is 0 Å². The normalized spacial score (nSPS) is 15.5. The Kier molecular flexibility index (Phi) is 5.82. The molecule has 1 amide bonds. The lowest BCUT2D eigenvalue weighted by Gasteiger charge is -2.27. The third-order valence-electron chi connectivity index (χ3n) is 3.15. The molecule has 0 saturated carbocycles. The summed E-state index contributed by atoms with van der Waals surface area (Å²) in [4.78, 5) is 13.8. The van der Waals surface area contributed by atoms with Crippen molar-refractivity contribution in [2.75, 3.05) is 32.8 Å². The van der Waals surface area contributed by atoms with Crippen LogP contribution >= 0.6 is 15.9 Å². The number of ether oxygens (including phenoxy) is 1. The van der Waals surface area contributed by atoms with Crippen molar-refractivity contribution in [1.29, 1.82) is 0 Å². The molecular weight excluding hydrogens is 308 g/mol. The molecule has 0 aromatic heterocycles. The maximum atomic E-state index is 11.9. The number of carbonyl (C=O) groups excluding carboxylic acids is 1. The number of rotatable bonds is 5. The number of nitrogens with one attached hydrogen (secondary N) is 1. The van der Waals surface area contributed by atoms with Crippen LogP contribution in [0.1, 0.15) is 12.0 Å². The van der Waals surface area contributed by atoms with Gasteiger partial charge >= 0.3 is 0 Å². The summed E-state index contributed by atoms with van der Waals surface area (Å²) in [6.45, 7) is 4.42. The van der Waals surface area contributed by atoms with Crippen LogP contribution in [0.2, 0.25) is 0 Å². The van der Waals surface area contributed by atoms with Crippen LogP contribution in [0.4, 0.5) is 0 Å². The van der Waals surface area contributed by atoms with Crippen molar-refractivity contribution in [3.63, 3.8) is 0 Å². The van der Waals surface area contributed by atoms with Gasteiger partial charge in [0.15, 0.2) is 0 Å². The smallest absolute Gasteiger partial charge is 0.224 e. The molecule has 1 heterocycles. The highest BCUT2D eigenvalue weighted by Crippen LogP contribution is 2.16. The molecule has 2 rings (SSSR count). The highest BCUT2D eigenvalue weighted by Gasteiger charge is 2.15. The number of nitrogens with zero attached hydrogens (tertiary/aromatic N) is 1. The first kappa shape index (κ1) is 14.5. The molecule has 4 nitrogen and oxygen atoms in total. The fourth-order valence-electron chi connectivity index (χ4n) is 2.03. The van der Waals surface area contributed by atoms with E-state index in [2.05, 4.69) is 21.2 Å². The predicted molar refractivity (Wildman–Crippen MR) is 77.9 cm³/mol. The van der Waals surface area contributed by atoms with Crippen molar-refractivity contribution in [1.82, 2.24) is 10.2 Å². The Bertz CT molecular complexity index is 420. The van der Waals surface area contributed by atoms with Crippen molar-refractivity contribution in [3.8, 4) is 0 Å². The first-order valence-electron chi connectivity index (χ1n) is 6.57. The van der Waals surface area contributed by atoms with Gasteiger partial charge in [-0.2, -0.15) is 0 Å². The largest absolute Gasteiger partial charge is 0.376 e. The zero-order valence-corrected chi connectivity index (χ0v) is 12.5. The Morgan fingerprint density at radius 1 is 1.32 bits per heavy atom. The molecule has 1 aliphatic rings. The summed E-state index contributed by atoms with van der Waals surface area (Å²) in [6, 6.07) is 7.96. The number of benzene rings is 1. The third-order valence-corrected chi connectivity index (χ3v) is 3.92. The summed E-state index contributed by atoms with van der Waals surface area (Å²) in [6.07, 6.45) is 0.463. The molecule has 19 heavy (non-hydrogen) atoms. The second-order valence-corrected chi connectivity index (χ2v) is 5.38. The lowest BCUT2D eigenvalue weighted by molar-refractivity contribution is -0.133. The Morgan fingerprint density at radius 2 is 2.05 bits per heavy atom. The van der Waals surface area contributed by atoms with E-state index in [1.54, 1.807) is 0 Å². The summed E-state index contributed by atoms with van der Waals surface area (Å²) in [5.74, 6) is 0.189. The molecule has 0 aliphatic carbocycles. The van der Waals surface area contributed by atoms with E-state index in [1.165, 1.54) is 0 Å². The van der Waals surface area contributed by atoms with Gasteiger partial charge in [-0.15, -0.1) is 0 Å². The zero-order valence-electron chi connectivity index (χ0n) is 10.9. The number of piperazine rings is 1. The summed E-state index contributed by atoms with van der Waals surface area (Å²) in [5.41, 5.74) is 1.11. The van der Waals surface area contributed by atoms with Crippen LogP contribution < -0.4 is 5.32 Å². The van der Waals surface area contributed by atoms with Gasteiger partial charge in [-0.25, -0.2) is 0 Å². The van der Waals surface area contributed by atoms with Crippen LogP contribution in [-0.4, -0.2) is 43.6 Å². The standard InChI is InChI=1S/C14H19BrN2O2/c15-13-4-2-1-3-12(13)11-19-10-5-14(18)17-8-6-16-7-9-17/h1-4,16H,5-11H2. The van der Waals surface area contributed by atoms with Crippen molar-refractivity contribution < 1.29 is 9.53 Å². The monoisotopic (exact) mass is 326 g/mol. The molecule has 1 aromatic carbocycles. The number of amides is 1. The van der Waals surface area contributed by atoms with Gasteiger partial charge in [0.2, 0.25) is 5.91 Å². The third kappa shape index (κ3) is 4.60. The molecule has 0 atom stereocenters. The number of hydrogen-bond acceptors (Lipinski definition) is 3. The maximum absolute atomic E-state index is 11.9. The molecular formula is C14H19BrN2O2. The summed E-state index contributed by atoms with van der Waals surface area (Å²) >= 11 is 3.48. The highest BCUT2D eigenvalue weighted by molar-refractivity contribution is 9.10. The van der Waals surface area contributed by atoms with E-state index in [9.17, 15) is 4.79 Å². The minimum absolute atomic E-state index is 0.189. The average molecular weight is 327 g/mol. The van der Waals surface area contributed by atoms with E-state index < -0.39 is 0 Å². The van der Waals surface area contributed by atoms with Crippen molar-refractivity contribution >= 4 is 21.8 Å². The number of carbonyl (C=O) groups is 1. The predicted octanol–water partition coefficient (Wildman–Crippen LogP) is 1.79. The van der Waals surface area contributed by atoms with Gasteiger partial charge in [-0.1, -0.05) is 34.1 Å². The SMILES string of the molecule is O=C(CCOCc1ccccc1Br)N1CCNCC1. The topological polar surface area (TPSA) is 41.6 Å². The van der Waals surface area contributed by atoms with Crippen LogP contribution in [0.5, 0.6) is 0 Å². The van der Waals surface area contributed by atoms with Crippen LogP contribution in [0, 0.1) is 0 Å². The molecule has 1 N–H and O–H groups in total. The zero-order chi connectivity index (χ0) is 13.5. The fourth-order valence-corrected chi connectivity index (χ4v) is 2.43. The van der Waals surface area contributed by atoms with Gasteiger partial charge in [-0.05, 0) is 11.6 Å². The van der Waals surface area contributed by atoms with Crippen LogP contribution in [0.15, 0.2) is 28.7 Å². The van der Waals surface area contributed by atoms with Gasteiger partial charge in [0.1, 0.15) is 0 Å². The Hall–Kier alpha value is -0.910. The molecule has 104 valence electrons. The number of hydrogen-bond donors (Lipinski definition) is 1. The Labute approximate surface area is 122 Å². The van der Waals surface area contributed by atoms with Crippen molar-refractivity contribution in [3.05, 3.63) is 34.3 Å². The average Bonchev–Trinajstić information content (AvgIpc) is 2.46. The van der Waals surface area contributed by atoms with Crippen LogP contribution in [0.3, 0.4) is 0 Å². The summed E-state index contributed by atoms with van der Waals surface area (Å²) in [7, 11) is 0. The fraction of sp³-hybridized carbons (Fsp3) is 0.500. The second kappa shape index (κ2) is 7.62. The lowest BCUT2D eigenvalue weighted by Crippen LogP contribution is -2.46. The number of halogens is 1. The molecule has 1 aromatic rings. The van der Waals surface area contributed by atoms with Gasteiger partial charge in [0, 0.05) is 30.7 Å². The summed E-state index contributed by atoms with van der Waals surface area (Å²) < 4.78 is 6.61. The second-order valence-electron chi connectivity index (χ2n) is 4.52. The molecule has 0 bridgehead atoms. The van der Waals surface area contributed by atoms with Gasteiger partial charge in [0.25, 0.3) is 0 Å².